The number of methoxy groups -OCH3 is 2. The van der Waals surface area contributed by atoms with Crippen LogP contribution in [0.1, 0.15) is 5.56 Å². The number of aromatic nitrogens is 2. The highest BCUT2D eigenvalue weighted by Crippen LogP contribution is 2.31. The van der Waals surface area contributed by atoms with Gasteiger partial charge in [-0.15, -0.1) is 0 Å². The Morgan fingerprint density at radius 2 is 1.74 bits per heavy atom. The number of aryl methyl sites for hydroxylation is 1. The Morgan fingerprint density at radius 1 is 1.04 bits per heavy atom. The zero-order chi connectivity index (χ0) is 19.6. The van der Waals surface area contributed by atoms with Crippen molar-refractivity contribution in [2.24, 2.45) is 7.05 Å². The van der Waals surface area contributed by atoms with Gasteiger partial charge in [0.1, 0.15) is 6.54 Å². The highest BCUT2D eigenvalue weighted by Gasteiger charge is 2.18. The third-order valence-corrected chi connectivity index (χ3v) is 4.66. The van der Waals surface area contributed by atoms with Crippen LogP contribution in [-0.2, 0) is 24.9 Å². The third-order valence-electron chi connectivity index (χ3n) is 4.66. The maximum absolute atomic E-state index is 12.8. The lowest BCUT2D eigenvalue weighted by molar-refractivity contribution is -0.131. The van der Waals surface area contributed by atoms with E-state index in [4.69, 9.17) is 9.47 Å². The summed E-state index contributed by atoms with van der Waals surface area (Å²) in [5, 5.41) is 0. The van der Waals surface area contributed by atoms with Crippen molar-refractivity contribution in [1.82, 2.24) is 14.0 Å². The van der Waals surface area contributed by atoms with Gasteiger partial charge in [0, 0.05) is 26.2 Å². The predicted octanol–water partition coefficient (Wildman–Crippen LogP) is 2.02. The van der Waals surface area contributed by atoms with E-state index in [1.807, 2.05) is 36.4 Å². The number of carbonyl (C=O) groups excluding carboxylic acids is 1. The fraction of sp³-hybridized carbons (Fsp3) is 0.300. The van der Waals surface area contributed by atoms with Crippen molar-refractivity contribution in [3.8, 4) is 11.5 Å². The lowest BCUT2D eigenvalue weighted by Gasteiger charge is -2.20. The van der Waals surface area contributed by atoms with Crippen LogP contribution in [0.2, 0.25) is 0 Å². The minimum Gasteiger partial charge on any atom is -0.493 e. The van der Waals surface area contributed by atoms with Crippen LogP contribution < -0.4 is 15.2 Å². The molecule has 0 bridgehead atoms. The van der Waals surface area contributed by atoms with Crippen LogP contribution in [0.25, 0.3) is 11.0 Å². The number of ether oxygens (including phenoxy) is 2. The molecule has 0 aliphatic heterocycles. The normalized spacial score (nSPS) is 10.8. The molecule has 3 rings (SSSR count). The summed E-state index contributed by atoms with van der Waals surface area (Å²) in [5.41, 5.74) is 2.16. The van der Waals surface area contributed by atoms with E-state index in [-0.39, 0.29) is 18.1 Å². The van der Waals surface area contributed by atoms with E-state index < -0.39 is 0 Å². The van der Waals surface area contributed by atoms with Crippen LogP contribution in [0.5, 0.6) is 11.5 Å². The van der Waals surface area contributed by atoms with Gasteiger partial charge in [0.25, 0.3) is 0 Å². The Morgan fingerprint density at radius 3 is 2.41 bits per heavy atom. The summed E-state index contributed by atoms with van der Waals surface area (Å²) in [7, 11) is 6.55. The number of para-hydroxylation sites is 3. The molecule has 7 heteroatoms. The minimum absolute atomic E-state index is 0.0248. The number of nitrogens with zero attached hydrogens (tertiary/aromatic N) is 3. The van der Waals surface area contributed by atoms with Gasteiger partial charge in [-0.05, 0) is 18.2 Å². The van der Waals surface area contributed by atoms with Crippen LogP contribution in [-0.4, -0.2) is 41.2 Å². The maximum atomic E-state index is 12.8. The quantitative estimate of drug-likeness (QED) is 0.667. The molecule has 0 spiro atoms. The number of fused-ring (bicyclic) bond motifs is 1. The molecule has 1 amide bonds. The van der Waals surface area contributed by atoms with Crippen molar-refractivity contribution in [1.29, 1.82) is 0 Å². The SMILES string of the molecule is COc1cccc(CN(C)C(=O)Cn2c(=O)n(C)c3ccccc32)c1OC. The number of rotatable bonds is 6. The van der Waals surface area contributed by atoms with Gasteiger partial charge in [-0.2, -0.15) is 0 Å². The molecule has 7 nitrogen and oxygen atoms in total. The van der Waals surface area contributed by atoms with Gasteiger partial charge >= 0.3 is 5.69 Å². The molecule has 1 heterocycles. The zero-order valence-corrected chi connectivity index (χ0v) is 15.9. The molecule has 0 saturated heterocycles. The monoisotopic (exact) mass is 369 g/mol. The van der Waals surface area contributed by atoms with Crippen molar-refractivity contribution in [2.75, 3.05) is 21.3 Å². The molecule has 0 unspecified atom stereocenters. The van der Waals surface area contributed by atoms with Crippen molar-refractivity contribution in [2.45, 2.75) is 13.1 Å². The molecular weight excluding hydrogens is 346 g/mol. The van der Waals surface area contributed by atoms with Gasteiger partial charge in [0.15, 0.2) is 11.5 Å². The second-order valence-corrected chi connectivity index (χ2v) is 6.32. The summed E-state index contributed by atoms with van der Waals surface area (Å²) in [6.07, 6.45) is 0. The van der Waals surface area contributed by atoms with Crippen molar-refractivity contribution >= 4 is 16.9 Å². The van der Waals surface area contributed by atoms with Crippen LogP contribution in [0, 0.1) is 0 Å². The van der Waals surface area contributed by atoms with Crippen LogP contribution >= 0.6 is 0 Å². The molecule has 0 fully saturated rings. The molecule has 0 atom stereocenters. The second kappa shape index (κ2) is 7.57. The van der Waals surface area contributed by atoms with E-state index in [2.05, 4.69) is 0 Å². The van der Waals surface area contributed by atoms with Gasteiger partial charge in [-0.25, -0.2) is 4.79 Å². The number of carbonyl (C=O) groups is 1. The molecule has 0 radical (unpaired) electrons. The van der Waals surface area contributed by atoms with E-state index in [0.717, 1.165) is 16.6 Å². The van der Waals surface area contributed by atoms with Crippen LogP contribution in [0.4, 0.5) is 0 Å². The molecule has 27 heavy (non-hydrogen) atoms. The number of amides is 1. The van der Waals surface area contributed by atoms with Crippen molar-refractivity contribution < 1.29 is 14.3 Å². The number of likely N-dealkylation sites (N-methyl/N-ethyl adjacent to an activating group) is 1. The maximum Gasteiger partial charge on any atom is 0.329 e. The van der Waals surface area contributed by atoms with Crippen LogP contribution in [0.15, 0.2) is 47.3 Å². The van der Waals surface area contributed by atoms with Gasteiger partial charge in [0.05, 0.1) is 25.3 Å². The summed E-state index contributed by atoms with van der Waals surface area (Å²) >= 11 is 0. The lowest BCUT2D eigenvalue weighted by Crippen LogP contribution is -2.34. The van der Waals surface area contributed by atoms with Crippen molar-refractivity contribution in [3.05, 3.63) is 58.5 Å². The number of hydrogen-bond acceptors (Lipinski definition) is 4. The summed E-state index contributed by atoms with van der Waals surface area (Å²) in [6, 6.07) is 13.0. The topological polar surface area (TPSA) is 65.7 Å². The summed E-state index contributed by atoms with van der Waals surface area (Å²) in [5.74, 6) is 1.04. The molecule has 1 aromatic heterocycles. The van der Waals surface area contributed by atoms with E-state index in [1.165, 1.54) is 4.57 Å². The number of hydrogen-bond donors (Lipinski definition) is 0. The fourth-order valence-electron chi connectivity index (χ4n) is 3.19. The van der Waals surface area contributed by atoms with Gasteiger partial charge in [-0.1, -0.05) is 24.3 Å². The van der Waals surface area contributed by atoms with Crippen LogP contribution in [0.3, 0.4) is 0 Å². The fourth-order valence-corrected chi connectivity index (χ4v) is 3.19. The lowest BCUT2D eigenvalue weighted by atomic mass is 10.1. The standard InChI is InChI=1S/C20H23N3O4/c1-21(12-14-8-7-11-17(26-3)19(14)27-4)18(24)13-23-16-10-6-5-9-15(16)22(2)20(23)25/h5-11H,12-13H2,1-4H3. The van der Waals surface area contributed by atoms with E-state index in [1.54, 1.807) is 43.8 Å². The molecule has 2 aromatic carbocycles. The second-order valence-electron chi connectivity index (χ2n) is 6.32. The largest absolute Gasteiger partial charge is 0.493 e. The first-order valence-corrected chi connectivity index (χ1v) is 8.56. The minimum atomic E-state index is -0.211. The highest BCUT2D eigenvalue weighted by atomic mass is 16.5. The van der Waals surface area contributed by atoms with E-state index >= 15 is 0 Å². The molecule has 0 N–H and O–H groups in total. The smallest absolute Gasteiger partial charge is 0.329 e. The van der Waals surface area contributed by atoms with Gasteiger partial charge in [0.2, 0.25) is 5.91 Å². The average molecular weight is 369 g/mol. The summed E-state index contributed by atoms with van der Waals surface area (Å²) in [6.45, 7) is 0.321. The first-order valence-electron chi connectivity index (χ1n) is 8.56. The summed E-state index contributed by atoms with van der Waals surface area (Å²) < 4.78 is 13.8. The third kappa shape index (κ3) is 3.40. The van der Waals surface area contributed by atoms with E-state index in [0.29, 0.717) is 18.0 Å². The van der Waals surface area contributed by atoms with Gasteiger partial charge < -0.3 is 14.4 Å². The number of benzene rings is 2. The Bertz CT molecular complexity index is 1040. The first kappa shape index (κ1) is 18.6. The zero-order valence-electron chi connectivity index (χ0n) is 15.9. The first-order chi connectivity index (χ1) is 13.0. The summed E-state index contributed by atoms with van der Waals surface area (Å²) in [4.78, 5) is 26.8. The average Bonchev–Trinajstić information content (AvgIpc) is 2.92. The molecule has 142 valence electrons. The predicted molar refractivity (Wildman–Crippen MR) is 103 cm³/mol. The molecular formula is C20H23N3O4. The Labute approximate surface area is 157 Å². The molecule has 3 aromatic rings. The Hall–Kier alpha value is -3.22. The Balaban J connectivity index is 1.84. The van der Waals surface area contributed by atoms with Crippen molar-refractivity contribution in [3.63, 3.8) is 0 Å². The van der Waals surface area contributed by atoms with E-state index in [9.17, 15) is 9.59 Å². The molecule has 0 aliphatic rings. The highest BCUT2D eigenvalue weighted by molar-refractivity contribution is 5.81. The molecule has 0 aliphatic carbocycles. The van der Waals surface area contributed by atoms with Gasteiger partial charge in [-0.3, -0.25) is 13.9 Å². The number of imidazole rings is 1. The molecule has 0 saturated carbocycles. The Kier molecular flexibility index (Phi) is 5.21.